The third-order valence-corrected chi connectivity index (χ3v) is 4.45. The number of hydrogen-bond donors (Lipinski definition) is 0. The molecule has 7 nitrogen and oxygen atoms in total. The van der Waals surface area contributed by atoms with Crippen LogP contribution in [0.3, 0.4) is 0 Å². The lowest BCUT2D eigenvalue weighted by Crippen LogP contribution is -2.19. The van der Waals surface area contributed by atoms with Crippen LogP contribution in [0.25, 0.3) is 22.4 Å². The molecule has 1 atom stereocenters. The molecule has 0 aliphatic rings. The molecule has 1 unspecified atom stereocenters. The summed E-state index contributed by atoms with van der Waals surface area (Å²) in [6.07, 6.45) is 2.50. The molecule has 0 saturated carbocycles. The number of carbonyl (C=O) groups is 1. The fourth-order valence-electron chi connectivity index (χ4n) is 3.26. The van der Waals surface area contributed by atoms with Gasteiger partial charge in [-0.15, -0.1) is 0 Å². The van der Waals surface area contributed by atoms with E-state index in [1.165, 1.54) is 0 Å². The molecular weight excluding hydrogens is 346 g/mol. The van der Waals surface area contributed by atoms with Crippen molar-refractivity contribution in [2.24, 2.45) is 7.05 Å². The van der Waals surface area contributed by atoms with E-state index in [1.807, 2.05) is 24.3 Å². The summed E-state index contributed by atoms with van der Waals surface area (Å²) in [5.41, 5.74) is 3.16. The number of nitrogens with zero attached hydrogens (tertiary/aromatic N) is 3. The van der Waals surface area contributed by atoms with Gasteiger partial charge in [0.25, 0.3) is 5.56 Å². The molecule has 0 radical (unpaired) electrons. The van der Waals surface area contributed by atoms with Crippen molar-refractivity contribution in [3.8, 4) is 17.1 Å². The largest absolute Gasteiger partial charge is 0.486 e. The fraction of sp³-hybridized carbons (Fsp3) is 0.350. The van der Waals surface area contributed by atoms with Crippen molar-refractivity contribution in [2.75, 3.05) is 20.3 Å². The van der Waals surface area contributed by atoms with E-state index in [0.29, 0.717) is 24.2 Å². The minimum atomic E-state index is -0.0316. The zero-order valence-electron chi connectivity index (χ0n) is 15.9. The molecule has 7 heteroatoms. The van der Waals surface area contributed by atoms with Crippen molar-refractivity contribution in [2.45, 2.75) is 19.9 Å². The summed E-state index contributed by atoms with van der Waals surface area (Å²) >= 11 is 0. The van der Waals surface area contributed by atoms with Crippen LogP contribution in [0.1, 0.15) is 18.5 Å². The van der Waals surface area contributed by atoms with Crippen LogP contribution in [-0.4, -0.2) is 40.7 Å². The second-order valence-corrected chi connectivity index (χ2v) is 6.57. The van der Waals surface area contributed by atoms with Crippen LogP contribution in [0.4, 0.5) is 0 Å². The molecule has 0 N–H and O–H groups in total. The van der Waals surface area contributed by atoms with Gasteiger partial charge in [0.15, 0.2) is 6.29 Å². The van der Waals surface area contributed by atoms with E-state index in [1.54, 1.807) is 31.8 Å². The van der Waals surface area contributed by atoms with Crippen molar-refractivity contribution in [1.29, 1.82) is 0 Å². The first-order valence-corrected chi connectivity index (χ1v) is 8.71. The Morgan fingerprint density at radius 3 is 2.74 bits per heavy atom. The molecule has 142 valence electrons. The highest BCUT2D eigenvalue weighted by atomic mass is 16.5. The van der Waals surface area contributed by atoms with Crippen LogP contribution in [0.15, 0.2) is 35.3 Å². The average Bonchev–Trinajstić information content (AvgIpc) is 3.03. The quantitative estimate of drug-likeness (QED) is 0.598. The van der Waals surface area contributed by atoms with Gasteiger partial charge in [-0.1, -0.05) is 0 Å². The van der Waals surface area contributed by atoms with Crippen LogP contribution >= 0.6 is 0 Å². The summed E-state index contributed by atoms with van der Waals surface area (Å²) < 4.78 is 14.4. The second kappa shape index (κ2) is 7.75. The Kier molecular flexibility index (Phi) is 5.41. The Morgan fingerprint density at radius 1 is 1.30 bits per heavy atom. The number of pyridine rings is 1. The average molecular weight is 369 g/mol. The maximum absolute atomic E-state index is 12.1. The molecule has 0 bridgehead atoms. The van der Waals surface area contributed by atoms with Crippen molar-refractivity contribution in [3.63, 3.8) is 0 Å². The van der Waals surface area contributed by atoms with E-state index >= 15 is 0 Å². The van der Waals surface area contributed by atoms with E-state index in [9.17, 15) is 9.59 Å². The van der Waals surface area contributed by atoms with Crippen LogP contribution in [0.2, 0.25) is 0 Å². The molecular formula is C20H23N3O4. The molecule has 0 fully saturated rings. The lowest BCUT2D eigenvalue weighted by Gasteiger charge is -2.17. The Hall–Kier alpha value is -2.93. The molecule has 0 spiro atoms. The number of imidazole rings is 1. The summed E-state index contributed by atoms with van der Waals surface area (Å²) in [7, 11) is 3.40. The third-order valence-electron chi connectivity index (χ3n) is 4.45. The summed E-state index contributed by atoms with van der Waals surface area (Å²) in [6.45, 7) is 4.37. The molecule has 1 aromatic carbocycles. The Balaban J connectivity index is 2.21. The van der Waals surface area contributed by atoms with Crippen LogP contribution in [-0.2, 0) is 16.6 Å². The number of rotatable bonds is 7. The molecule has 27 heavy (non-hydrogen) atoms. The lowest BCUT2D eigenvalue weighted by atomic mass is 10.2. The molecule has 3 rings (SSSR count). The SMILES string of the molecule is COCC(C)n1c(-c2cc(C)c(=O)n(C)c2)nc2cc(OCC=O)ccc21. The summed E-state index contributed by atoms with van der Waals surface area (Å²) in [5.74, 6) is 1.34. The molecule has 0 saturated heterocycles. The smallest absolute Gasteiger partial charge is 0.253 e. The van der Waals surface area contributed by atoms with Crippen LogP contribution in [0.5, 0.6) is 5.75 Å². The minimum absolute atomic E-state index is 0.000852. The van der Waals surface area contributed by atoms with E-state index in [2.05, 4.69) is 11.5 Å². The number of benzene rings is 1. The van der Waals surface area contributed by atoms with Gasteiger partial charge < -0.3 is 18.6 Å². The van der Waals surface area contributed by atoms with Gasteiger partial charge in [-0.25, -0.2) is 4.98 Å². The molecule has 3 aromatic rings. The van der Waals surface area contributed by atoms with E-state index in [4.69, 9.17) is 14.5 Å². The van der Waals surface area contributed by atoms with Crippen molar-refractivity contribution < 1.29 is 14.3 Å². The monoisotopic (exact) mass is 369 g/mol. The van der Waals surface area contributed by atoms with Crippen molar-refractivity contribution >= 4 is 17.3 Å². The van der Waals surface area contributed by atoms with Gasteiger partial charge in [0.2, 0.25) is 0 Å². The van der Waals surface area contributed by atoms with E-state index in [0.717, 1.165) is 22.4 Å². The number of carbonyl (C=O) groups excluding carboxylic acids is 1. The highest BCUT2D eigenvalue weighted by Crippen LogP contribution is 2.30. The Bertz CT molecular complexity index is 1010. The highest BCUT2D eigenvalue weighted by Gasteiger charge is 2.19. The summed E-state index contributed by atoms with van der Waals surface area (Å²) in [6, 6.07) is 7.44. The van der Waals surface area contributed by atoms with E-state index in [-0.39, 0.29) is 18.2 Å². The number of aryl methyl sites for hydroxylation is 2. The Morgan fingerprint density at radius 2 is 2.07 bits per heavy atom. The molecule has 0 aliphatic carbocycles. The zero-order valence-corrected chi connectivity index (χ0v) is 15.9. The summed E-state index contributed by atoms with van der Waals surface area (Å²) in [5, 5.41) is 0. The zero-order chi connectivity index (χ0) is 19.6. The van der Waals surface area contributed by atoms with Gasteiger partial charge in [0.05, 0.1) is 23.7 Å². The summed E-state index contributed by atoms with van der Waals surface area (Å²) in [4.78, 5) is 27.4. The second-order valence-electron chi connectivity index (χ2n) is 6.57. The predicted molar refractivity (Wildman–Crippen MR) is 103 cm³/mol. The van der Waals surface area contributed by atoms with Gasteiger partial charge in [-0.05, 0) is 32.0 Å². The van der Waals surface area contributed by atoms with Crippen molar-refractivity contribution in [1.82, 2.24) is 14.1 Å². The van der Waals surface area contributed by atoms with Gasteiger partial charge >= 0.3 is 0 Å². The minimum Gasteiger partial charge on any atom is -0.486 e. The number of hydrogen-bond acceptors (Lipinski definition) is 5. The maximum Gasteiger partial charge on any atom is 0.253 e. The van der Waals surface area contributed by atoms with Gasteiger partial charge in [-0.2, -0.15) is 0 Å². The lowest BCUT2D eigenvalue weighted by molar-refractivity contribution is -0.109. The van der Waals surface area contributed by atoms with Gasteiger partial charge in [0.1, 0.15) is 18.2 Å². The van der Waals surface area contributed by atoms with Crippen LogP contribution in [0, 0.1) is 6.92 Å². The standard InChI is InChI=1S/C20H23N3O4/c1-13-9-15(11-22(3)20(13)25)19-21-17-10-16(27-8-7-24)5-6-18(17)23(19)14(2)12-26-4/h5-7,9-11,14H,8,12H2,1-4H3. The van der Waals surface area contributed by atoms with Gasteiger partial charge in [-0.3, -0.25) is 9.59 Å². The third kappa shape index (κ3) is 3.64. The first-order valence-electron chi connectivity index (χ1n) is 8.71. The topological polar surface area (TPSA) is 75.3 Å². The normalized spacial score (nSPS) is 12.3. The van der Waals surface area contributed by atoms with Gasteiger partial charge in [0, 0.05) is 37.5 Å². The first-order chi connectivity index (χ1) is 13.0. The van der Waals surface area contributed by atoms with Crippen LogP contribution < -0.4 is 10.3 Å². The number of methoxy groups -OCH3 is 1. The van der Waals surface area contributed by atoms with E-state index < -0.39 is 0 Å². The number of ether oxygens (including phenoxy) is 2. The maximum atomic E-state index is 12.1. The number of aldehydes is 1. The predicted octanol–water partition coefficient (Wildman–Crippen LogP) is 2.50. The number of aromatic nitrogens is 3. The molecule has 0 amide bonds. The number of fused-ring (bicyclic) bond motifs is 1. The molecule has 0 aliphatic heterocycles. The van der Waals surface area contributed by atoms with Crippen molar-refractivity contribution in [3.05, 3.63) is 46.4 Å². The molecule has 2 heterocycles. The highest BCUT2D eigenvalue weighted by molar-refractivity contribution is 5.82. The Labute approximate surface area is 157 Å². The molecule has 2 aromatic heterocycles. The first kappa shape index (κ1) is 18.8. The fourth-order valence-corrected chi connectivity index (χ4v) is 3.26.